The first-order valence-electron chi connectivity index (χ1n) is 7.36. The monoisotopic (exact) mass is 391 g/mol. The van der Waals surface area contributed by atoms with Crippen LogP contribution in [0.5, 0.6) is 5.75 Å². The van der Waals surface area contributed by atoms with Gasteiger partial charge in [-0.15, -0.1) is 0 Å². The van der Waals surface area contributed by atoms with Crippen LogP contribution < -0.4 is 10.1 Å². The fourth-order valence-electron chi connectivity index (χ4n) is 2.03. The zero-order valence-corrected chi connectivity index (χ0v) is 15.1. The first-order valence-corrected chi connectivity index (χ1v) is 8.15. The molecule has 0 saturated carbocycles. The minimum Gasteiger partial charge on any atom is -0.482 e. The number of carbonyl (C=O) groups is 2. The molecule has 24 heavy (non-hydrogen) atoms. The Morgan fingerprint density at radius 2 is 1.83 bits per heavy atom. The van der Waals surface area contributed by atoms with E-state index in [4.69, 9.17) is 9.47 Å². The van der Waals surface area contributed by atoms with Crippen molar-refractivity contribution in [2.75, 3.05) is 18.5 Å². The van der Waals surface area contributed by atoms with E-state index >= 15 is 0 Å². The number of benzene rings is 2. The standard InChI is InChI=1S/C18H18BrNO4/c1-12-7-8-16(13(2)9-12)23-11-18(22)24-10-17(21)20-15-6-4-3-5-14(15)19/h3-9H,10-11H2,1-2H3,(H,20,21). The Bertz CT molecular complexity index is 746. The summed E-state index contributed by atoms with van der Waals surface area (Å²) in [6, 6.07) is 12.9. The first-order chi connectivity index (χ1) is 11.5. The summed E-state index contributed by atoms with van der Waals surface area (Å²) in [5.74, 6) is -0.394. The maximum atomic E-state index is 11.8. The Hall–Kier alpha value is -2.34. The summed E-state index contributed by atoms with van der Waals surface area (Å²) in [5.41, 5.74) is 2.67. The molecule has 0 saturated heterocycles. The van der Waals surface area contributed by atoms with Crippen molar-refractivity contribution < 1.29 is 19.1 Å². The number of nitrogens with one attached hydrogen (secondary N) is 1. The van der Waals surface area contributed by atoms with Crippen LogP contribution in [0, 0.1) is 13.8 Å². The van der Waals surface area contributed by atoms with Crippen molar-refractivity contribution in [3.63, 3.8) is 0 Å². The highest BCUT2D eigenvalue weighted by molar-refractivity contribution is 9.10. The van der Waals surface area contributed by atoms with Crippen molar-refractivity contribution in [3.8, 4) is 5.75 Å². The van der Waals surface area contributed by atoms with Crippen molar-refractivity contribution in [1.29, 1.82) is 0 Å². The van der Waals surface area contributed by atoms with E-state index in [0.717, 1.165) is 15.6 Å². The van der Waals surface area contributed by atoms with Crippen molar-refractivity contribution in [2.24, 2.45) is 0 Å². The number of hydrogen-bond acceptors (Lipinski definition) is 4. The minimum atomic E-state index is -0.600. The molecule has 0 unspecified atom stereocenters. The number of hydrogen-bond donors (Lipinski definition) is 1. The number of para-hydroxylation sites is 1. The Balaban J connectivity index is 1.76. The molecule has 2 rings (SSSR count). The summed E-state index contributed by atoms with van der Waals surface area (Å²) in [7, 11) is 0. The lowest BCUT2D eigenvalue weighted by Gasteiger charge is -2.10. The summed E-state index contributed by atoms with van der Waals surface area (Å²) in [6.45, 7) is 3.27. The van der Waals surface area contributed by atoms with Gasteiger partial charge >= 0.3 is 5.97 Å². The van der Waals surface area contributed by atoms with Crippen LogP contribution in [-0.4, -0.2) is 25.1 Å². The zero-order valence-electron chi connectivity index (χ0n) is 13.5. The Morgan fingerprint density at radius 1 is 1.08 bits per heavy atom. The smallest absolute Gasteiger partial charge is 0.344 e. The SMILES string of the molecule is Cc1ccc(OCC(=O)OCC(=O)Nc2ccccc2Br)c(C)c1. The third-order valence-electron chi connectivity index (χ3n) is 3.19. The average Bonchev–Trinajstić information content (AvgIpc) is 2.54. The van der Waals surface area contributed by atoms with Crippen molar-refractivity contribution in [2.45, 2.75) is 13.8 Å². The molecule has 0 bridgehead atoms. The molecule has 0 radical (unpaired) electrons. The predicted octanol–water partition coefficient (Wildman–Crippen LogP) is 3.63. The summed E-state index contributed by atoms with van der Waals surface area (Å²) < 4.78 is 11.1. The molecule has 0 spiro atoms. The lowest BCUT2D eigenvalue weighted by atomic mass is 10.1. The highest BCUT2D eigenvalue weighted by atomic mass is 79.9. The second-order valence-corrected chi connectivity index (χ2v) is 6.10. The highest BCUT2D eigenvalue weighted by Gasteiger charge is 2.10. The second kappa shape index (κ2) is 8.49. The van der Waals surface area contributed by atoms with E-state index in [2.05, 4.69) is 21.2 Å². The van der Waals surface area contributed by atoms with E-state index in [9.17, 15) is 9.59 Å². The molecule has 1 amide bonds. The number of amides is 1. The van der Waals surface area contributed by atoms with Crippen LogP contribution in [0.2, 0.25) is 0 Å². The number of anilines is 1. The average molecular weight is 392 g/mol. The summed E-state index contributed by atoms with van der Waals surface area (Å²) in [5, 5.41) is 2.65. The number of rotatable bonds is 6. The van der Waals surface area contributed by atoms with Gasteiger partial charge in [-0.25, -0.2) is 4.79 Å². The van der Waals surface area contributed by atoms with E-state index in [-0.39, 0.29) is 13.2 Å². The lowest BCUT2D eigenvalue weighted by molar-refractivity contribution is -0.149. The molecule has 6 heteroatoms. The van der Waals surface area contributed by atoms with Crippen LogP contribution in [-0.2, 0) is 14.3 Å². The van der Waals surface area contributed by atoms with E-state index < -0.39 is 11.9 Å². The van der Waals surface area contributed by atoms with Gasteiger partial charge in [-0.3, -0.25) is 4.79 Å². The number of carbonyl (C=O) groups excluding carboxylic acids is 2. The van der Waals surface area contributed by atoms with Crippen molar-refractivity contribution in [3.05, 3.63) is 58.1 Å². The van der Waals surface area contributed by atoms with Gasteiger partial charge in [0.1, 0.15) is 5.75 Å². The van der Waals surface area contributed by atoms with Gasteiger partial charge in [0.2, 0.25) is 0 Å². The van der Waals surface area contributed by atoms with Gasteiger partial charge in [-0.05, 0) is 53.5 Å². The van der Waals surface area contributed by atoms with Crippen LogP contribution in [0.15, 0.2) is 46.9 Å². The lowest BCUT2D eigenvalue weighted by Crippen LogP contribution is -2.23. The van der Waals surface area contributed by atoms with Crippen LogP contribution in [0.25, 0.3) is 0 Å². The largest absolute Gasteiger partial charge is 0.482 e. The van der Waals surface area contributed by atoms with Gasteiger partial charge in [0.25, 0.3) is 5.91 Å². The van der Waals surface area contributed by atoms with Crippen LogP contribution in [0.4, 0.5) is 5.69 Å². The molecule has 2 aromatic carbocycles. The van der Waals surface area contributed by atoms with Crippen LogP contribution >= 0.6 is 15.9 Å². The van der Waals surface area contributed by atoms with E-state index in [1.165, 1.54) is 0 Å². The van der Waals surface area contributed by atoms with Gasteiger partial charge in [-0.2, -0.15) is 0 Å². The predicted molar refractivity (Wildman–Crippen MR) is 95.1 cm³/mol. The number of aryl methyl sites for hydroxylation is 2. The molecule has 5 nitrogen and oxygen atoms in total. The molecule has 0 aliphatic carbocycles. The van der Waals surface area contributed by atoms with Crippen molar-refractivity contribution >= 4 is 33.5 Å². The van der Waals surface area contributed by atoms with Gasteiger partial charge in [-0.1, -0.05) is 29.8 Å². The van der Waals surface area contributed by atoms with E-state index in [0.29, 0.717) is 11.4 Å². The van der Waals surface area contributed by atoms with Crippen LogP contribution in [0.1, 0.15) is 11.1 Å². The molecule has 1 N–H and O–H groups in total. The third kappa shape index (κ3) is 5.38. The molecule has 0 aliphatic rings. The number of halogens is 1. The normalized spacial score (nSPS) is 10.1. The molecule has 126 valence electrons. The molecule has 2 aromatic rings. The molecule has 0 heterocycles. The van der Waals surface area contributed by atoms with Crippen molar-refractivity contribution in [1.82, 2.24) is 0 Å². The summed E-state index contributed by atoms with van der Waals surface area (Å²) >= 11 is 3.32. The number of ether oxygens (including phenoxy) is 2. The summed E-state index contributed by atoms with van der Waals surface area (Å²) in [6.07, 6.45) is 0. The Labute approximate surface area is 149 Å². The third-order valence-corrected chi connectivity index (χ3v) is 3.88. The Morgan fingerprint density at radius 3 is 2.54 bits per heavy atom. The van der Waals surface area contributed by atoms with E-state index in [1.807, 2.05) is 32.0 Å². The fourth-order valence-corrected chi connectivity index (χ4v) is 2.42. The van der Waals surface area contributed by atoms with E-state index in [1.54, 1.807) is 24.3 Å². The molecule has 0 aliphatic heterocycles. The van der Waals surface area contributed by atoms with Gasteiger partial charge < -0.3 is 14.8 Å². The second-order valence-electron chi connectivity index (χ2n) is 5.25. The zero-order chi connectivity index (χ0) is 17.5. The molecule has 0 atom stereocenters. The molecular formula is C18H18BrNO4. The van der Waals surface area contributed by atoms with Gasteiger partial charge in [0.15, 0.2) is 13.2 Å². The highest BCUT2D eigenvalue weighted by Crippen LogP contribution is 2.21. The number of esters is 1. The summed E-state index contributed by atoms with van der Waals surface area (Å²) in [4.78, 5) is 23.5. The van der Waals surface area contributed by atoms with Gasteiger partial charge in [0.05, 0.1) is 5.69 Å². The van der Waals surface area contributed by atoms with Crippen LogP contribution in [0.3, 0.4) is 0 Å². The minimum absolute atomic E-state index is 0.244. The molecule has 0 fully saturated rings. The molecular weight excluding hydrogens is 374 g/mol. The first kappa shape index (κ1) is 18.0. The Kier molecular flexibility index (Phi) is 6.37. The van der Waals surface area contributed by atoms with Gasteiger partial charge in [0, 0.05) is 4.47 Å². The maximum Gasteiger partial charge on any atom is 0.344 e. The fraction of sp³-hybridized carbons (Fsp3) is 0.222. The quantitative estimate of drug-likeness (QED) is 0.763. The molecule has 0 aromatic heterocycles. The topological polar surface area (TPSA) is 64.6 Å². The maximum absolute atomic E-state index is 11.8.